The van der Waals surface area contributed by atoms with Crippen molar-refractivity contribution in [3.63, 3.8) is 0 Å². The van der Waals surface area contributed by atoms with Crippen molar-refractivity contribution in [1.29, 1.82) is 0 Å². The smallest absolute Gasteiger partial charge is 0.249 e. The van der Waals surface area contributed by atoms with Gasteiger partial charge in [0.25, 0.3) is 0 Å². The molecule has 46 heavy (non-hydrogen) atoms. The van der Waals surface area contributed by atoms with Gasteiger partial charge in [0, 0.05) is 74.6 Å². The van der Waals surface area contributed by atoms with E-state index in [9.17, 15) is 14.4 Å². The van der Waals surface area contributed by atoms with Crippen LogP contribution in [0, 0.1) is 0 Å². The summed E-state index contributed by atoms with van der Waals surface area (Å²) < 4.78 is 0. The van der Waals surface area contributed by atoms with E-state index in [0.29, 0.717) is 0 Å². The maximum Gasteiger partial charge on any atom is 0.249 e. The zero-order valence-corrected chi connectivity index (χ0v) is 31.8. The second-order valence-electron chi connectivity index (χ2n) is 11.5. The van der Waals surface area contributed by atoms with Crippen molar-refractivity contribution in [3.8, 4) is 0 Å². The van der Waals surface area contributed by atoms with Crippen LogP contribution in [0.25, 0.3) is 0 Å². The van der Waals surface area contributed by atoms with Crippen molar-refractivity contribution in [3.05, 3.63) is 35.5 Å². The van der Waals surface area contributed by atoms with Gasteiger partial charge in [0.2, 0.25) is 17.7 Å². The van der Waals surface area contributed by atoms with E-state index in [1.807, 2.05) is 14.7 Å². The summed E-state index contributed by atoms with van der Waals surface area (Å²) >= 11 is 0. The van der Waals surface area contributed by atoms with Crippen LogP contribution in [0.2, 0.25) is 0 Å². The Kier molecular flexibility index (Phi) is 38.8. The van der Waals surface area contributed by atoms with E-state index in [0.717, 1.165) is 116 Å². The van der Waals surface area contributed by atoms with E-state index in [4.69, 9.17) is 15.3 Å². The monoisotopic (exact) mass is 695 g/mol. The number of aliphatic hydroxyl groups excluding tert-OH is 3. The number of carbonyl (C=O) groups is 3. The van der Waals surface area contributed by atoms with Gasteiger partial charge >= 0.3 is 0 Å². The minimum absolute atomic E-state index is 0. The van der Waals surface area contributed by atoms with E-state index in [1.165, 1.54) is 39.0 Å². The summed E-state index contributed by atoms with van der Waals surface area (Å²) in [4.78, 5) is 40.4. The molecule has 0 fully saturated rings. The zero-order chi connectivity index (χ0) is 35.0. The SMILES string of the molecule is CCCCN(CCCC)C(=O)C=C(C)O.CCCCN(CCCC)C(=O)C=C(C)O.CCCCN(CCCC)C(=O)C=C(C)O.[Fe]. The van der Waals surface area contributed by atoms with Crippen LogP contribution in [0.5, 0.6) is 0 Å². The molecule has 272 valence electrons. The fourth-order valence-corrected chi connectivity index (χ4v) is 3.90. The molecule has 0 bridgehead atoms. The number of rotatable bonds is 21. The average Bonchev–Trinajstić information content (AvgIpc) is 2.96. The molecule has 0 unspecified atom stereocenters. The number of unbranched alkanes of at least 4 members (excludes halogenated alkanes) is 6. The molecule has 0 saturated carbocycles. The third-order valence-electron chi connectivity index (χ3n) is 6.62. The second kappa shape index (κ2) is 35.4. The van der Waals surface area contributed by atoms with Gasteiger partial charge in [-0.3, -0.25) is 14.4 Å². The Morgan fingerprint density at radius 3 is 0.674 bits per heavy atom. The average molecular weight is 696 g/mol. The minimum atomic E-state index is -0.0723. The minimum Gasteiger partial charge on any atom is -0.512 e. The number of hydrogen-bond acceptors (Lipinski definition) is 6. The number of amides is 3. The molecule has 0 aliphatic rings. The van der Waals surface area contributed by atoms with E-state index in [-0.39, 0.29) is 52.1 Å². The molecule has 3 N–H and O–H groups in total. The van der Waals surface area contributed by atoms with E-state index in [2.05, 4.69) is 41.5 Å². The number of aliphatic hydroxyl groups is 3. The van der Waals surface area contributed by atoms with E-state index in [1.54, 1.807) is 0 Å². The van der Waals surface area contributed by atoms with Gasteiger partial charge in [-0.15, -0.1) is 0 Å². The summed E-state index contributed by atoms with van der Waals surface area (Å²) in [7, 11) is 0. The van der Waals surface area contributed by atoms with Gasteiger partial charge in [0.1, 0.15) is 0 Å². The summed E-state index contributed by atoms with van der Waals surface area (Å²) in [5.41, 5.74) is 0. The Hall–Kier alpha value is -2.45. The summed E-state index contributed by atoms with van der Waals surface area (Å²) in [6, 6.07) is 0. The molecule has 0 atom stereocenters. The topological polar surface area (TPSA) is 122 Å². The van der Waals surface area contributed by atoms with Crippen molar-refractivity contribution in [2.45, 2.75) is 139 Å². The third kappa shape index (κ3) is 32.9. The van der Waals surface area contributed by atoms with Crippen molar-refractivity contribution < 1.29 is 46.8 Å². The number of hydrogen-bond donors (Lipinski definition) is 3. The van der Waals surface area contributed by atoms with Crippen LogP contribution in [0.4, 0.5) is 0 Å². The Balaban J connectivity index is -0.000000285. The van der Waals surface area contributed by atoms with Crippen LogP contribution >= 0.6 is 0 Å². The third-order valence-corrected chi connectivity index (χ3v) is 6.62. The fraction of sp³-hybridized carbons (Fsp3) is 0.750. The van der Waals surface area contributed by atoms with Gasteiger partial charge < -0.3 is 30.0 Å². The number of nitrogens with zero attached hydrogens (tertiary/aromatic N) is 3. The Morgan fingerprint density at radius 1 is 0.413 bits per heavy atom. The first-order chi connectivity index (χ1) is 21.3. The van der Waals surface area contributed by atoms with Gasteiger partial charge in [0.05, 0.1) is 17.3 Å². The predicted molar refractivity (Wildman–Crippen MR) is 188 cm³/mol. The van der Waals surface area contributed by atoms with E-state index >= 15 is 0 Å². The van der Waals surface area contributed by atoms with Gasteiger partial charge in [-0.2, -0.15) is 0 Å². The Bertz CT molecular complexity index is 715. The summed E-state index contributed by atoms with van der Waals surface area (Å²) in [6.45, 7) is 22.0. The van der Waals surface area contributed by atoms with Crippen LogP contribution in [-0.4, -0.2) is 87.0 Å². The van der Waals surface area contributed by atoms with Gasteiger partial charge in [-0.25, -0.2) is 0 Å². The van der Waals surface area contributed by atoms with Crippen LogP contribution in [0.3, 0.4) is 0 Å². The first-order valence-electron chi connectivity index (χ1n) is 17.3. The first kappa shape index (κ1) is 50.4. The first-order valence-corrected chi connectivity index (χ1v) is 17.3. The van der Waals surface area contributed by atoms with E-state index < -0.39 is 0 Å². The number of allylic oxidation sites excluding steroid dienone is 3. The molecule has 10 heteroatoms. The second-order valence-corrected chi connectivity index (χ2v) is 11.5. The molecule has 0 radical (unpaired) electrons. The molecule has 0 saturated heterocycles. The largest absolute Gasteiger partial charge is 0.512 e. The van der Waals surface area contributed by atoms with Crippen molar-refractivity contribution in [2.24, 2.45) is 0 Å². The molecule has 0 rings (SSSR count). The van der Waals surface area contributed by atoms with Crippen LogP contribution < -0.4 is 0 Å². The summed E-state index contributed by atoms with van der Waals surface area (Å²) in [5.74, 6) is 0.0275. The molecule has 0 aromatic heterocycles. The molecule has 0 aliphatic carbocycles. The molecule has 0 heterocycles. The maximum atomic E-state index is 11.7. The molecule has 9 nitrogen and oxygen atoms in total. The van der Waals surface area contributed by atoms with Crippen molar-refractivity contribution >= 4 is 17.7 Å². The molecular weight excluding hydrogens is 626 g/mol. The standard InChI is InChI=1S/3C12H23NO2.Fe/c3*1-4-6-8-13(9-7-5-2)12(15)10-11(3)14;/h3*10,14H,4-9H2,1-3H3;. The molecule has 0 aliphatic heterocycles. The molecule has 0 aromatic rings. The van der Waals surface area contributed by atoms with Crippen molar-refractivity contribution in [2.75, 3.05) is 39.3 Å². The van der Waals surface area contributed by atoms with Gasteiger partial charge in [-0.05, 0) is 59.3 Å². The Morgan fingerprint density at radius 2 is 0.565 bits per heavy atom. The van der Waals surface area contributed by atoms with Crippen LogP contribution in [0.15, 0.2) is 35.5 Å². The normalized spacial score (nSPS) is 11.3. The Labute approximate surface area is 292 Å². The molecule has 0 spiro atoms. The molecular formula is C36H69FeN3O6. The van der Waals surface area contributed by atoms with Crippen LogP contribution in [-0.2, 0) is 31.5 Å². The predicted octanol–water partition coefficient (Wildman–Crippen LogP) is 8.63. The molecule has 0 aromatic carbocycles. The van der Waals surface area contributed by atoms with Gasteiger partial charge in [0.15, 0.2) is 0 Å². The maximum absolute atomic E-state index is 11.7. The summed E-state index contributed by atoms with van der Waals surface area (Å²) in [6.07, 6.45) is 16.5. The van der Waals surface area contributed by atoms with Crippen molar-refractivity contribution in [1.82, 2.24) is 14.7 Å². The summed E-state index contributed by atoms with van der Waals surface area (Å²) in [5, 5.41) is 27.1. The fourth-order valence-electron chi connectivity index (χ4n) is 3.90. The quantitative estimate of drug-likeness (QED) is 0.0628. The van der Waals surface area contributed by atoms with Gasteiger partial charge in [-0.1, -0.05) is 80.1 Å². The zero-order valence-electron chi connectivity index (χ0n) is 30.7. The van der Waals surface area contributed by atoms with Crippen LogP contribution in [0.1, 0.15) is 139 Å². The molecule has 3 amide bonds. The number of carbonyl (C=O) groups excluding carboxylic acids is 3.